The summed E-state index contributed by atoms with van der Waals surface area (Å²) in [7, 11) is 0. The zero-order valence-corrected chi connectivity index (χ0v) is 8.99. The quantitative estimate of drug-likeness (QED) is 0.730. The highest BCUT2D eigenvalue weighted by atomic mass is 16.5. The minimum Gasteiger partial charge on any atom is -0.390 e. The molecule has 0 saturated carbocycles. The molecule has 2 nitrogen and oxygen atoms in total. The van der Waals surface area contributed by atoms with Gasteiger partial charge in [0, 0.05) is 0 Å². The van der Waals surface area contributed by atoms with E-state index < -0.39 is 0 Å². The van der Waals surface area contributed by atoms with Crippen molar-refractivity contribution in [3.8, 4) is 0 Å². The first-order valence-corrected chi connectivity index (χ1v) is 5.52. The van der Waals surface area contributed by atoms with Crippen LogP contribution in [-0.4, -0.2) is 23.4 Å². The van der Waals surface area contributed by atoms with Crippen molar-refractivity contribution < 1.29 is 9.84 Å². The van der Waals surface area contributed by atoms with Crippen molar-refractivity contribution in [2.24, 2.45) is 5.92 Å². The van der Waals surface area contributed by atoms with Gasteiger partial charge in [0.2, 0.25) is 0 Å². The Morgan fingerprint density at radius 1 is 1.23 bits per heavy atom. The minimum absolute atomic E-state index is 0.101. The molecule has 0 aliphatic carbocycles. The maximum atomic E-state index is 9.60. The van der Waals surface area contributed by atoms with Crippen molar-refractivity contribution in [2.75, 3.05) is 0 Å². The topological polar surface area (TPSA) is 29.5 Å². The van der Waals surface area contributed by atoms with Crippen LogP contribution in [-0.2, 0) is 4.74 Å². The van der Waals surface area contributed by atoms with Gasteiger partial charge in [0.15, 0.2) is 0 Å². The van der Waals surface area contributed by atoms with Gasteiger partial charge >= 0.3 is 0 Å². The molecule has 4 atom stereocenters. The maximum Gasteiger partial charge on any atom is 0.0838 e. The number of hydrogen-bond acceptors (Lipinski definition) is 2. The molecule has 1 fully saturated rings. The predicted octanol–water partition coefficient (Wildman–Crippen LogP) is 2.35. The predicted molar refractivity (Wildman–Crippen MR) is 53.6 cm³/mol. The fourth-order valence-corrected chi connectivity index (χ4v) is 1.92. The number of aliphatic hydroxyl groups is 1. The van der Waals surface area contributed by atoms with E-state index in [0.717, 1.165) is 19.3 Å². The minimum atomic E-state index is -0.256. The third-order valence-electron chi connectivity index (χ3n) is 3.21. The SMILES string of the molecule is CCC(C)[C@@H]1CC[C@H](C(O)CC)O1. The third-order valence-corrected chi connectivity index (χ3v) is 3.21. The number of rotatable bonds is 4. The summed E-state index contributed by atoms with van der Waals surface area (Å²) in [5.41, 5.74) is 0. The number of aliphatic hydroxyl groups excluding tert-OH is 1. The Bertz CT molecular complexity index is 131. The summed E-state index contributed by atoms with van der Waals surface area (Å²) >= 11 is 0. The molecule has 1 rings (SSSR count). The first-order chi connectivity index (χ1) is 6.19. The summed E-state index contributed by atoms with van der Waals surface area (Å²) in [5.74, 6) is 0.633. The molecule has 0 aromatic rings. The summed E-state index contributed by atoms with van der Waals surface area (Å²) in [5, 5.41) is 9.60. The Hall–Kier alpha value is -0.0800. The smallest absolute Gasteiger partial charge is 0.0838 e. The van der Waals surface area contributed by atoms with Gasteiger partial charge in [0.05, 0.1) is 18.3 Å². The molecule has 0 aromatic carbocycles. The second kappa shape index (κ2) is 4.97. The molecule has 2 heteroatoms. The zero-order chi connectivity index (χ0) is 9.84. The van der Waals surface area contributed by atoms with Gasteiger partial charge in [-0.15, -0.1) is 0 Å². The van der Waals surface area contributed by atoms with Crippen molar-refractivity contribution in [2.45, 2.75) is 64.8 Å². The van der Waals surface area contributed by atoms with E-state index in [1.165, 1.54) is 6.42 Å². The van der Waals surface area contributed by atoms with Gasteiger partial charge in [0.1, 0.15) is 0 Å². The van der Waals surface area contributed by atoms with Crippen molar-refractivity contribution in [1.29, 1.82) is 0 Å². The molecule has 78 valence electrons. The lowest BCUT2D eigenvalue weighted by Gasteiger charge is -2.21. The highest BCUT2D eigenvalue weighted by Crippen LogP contribution is 2.29. The molecule has 0 spiro atoms. The second-order valence-corrected chi connectivity index (χ2v) is 4.15. The van der Waals surface area contributed by atoms with Gasteiger partial charge in [0.25, 0.3) is 0 Å². The molecule has 0 radical (unpaired) electrons. The maximum absolute atomic E-state index is 9.60. The van der Waals surface area contributed by atoms with E-state index in [-0.39, 0.29) is 12.2 Å². The second-order valence-electron chi connectivity index (χ2n) is 4.15. The summed E-state index contributed by atoms with van der Waals surface area (Å²) in [6, 6.07) is 0. The van der Waals surface area contributed by atoms with Crippen LogP contribution in [0.25, 0.3) is 0 Å². The van der Waals surface area contributed by atoms with Crippen molar-refractivity contribution in [3.63, 3.8) is 0 Å². The highest BCUT2D eigenvalue weighted by Gasteiger charge is 2.31. The van der Waals surface area contributed by atoms with Crippen molar-refractivity contribution in [1.82, 2.24) is 0 Å². The van der Waals surface area contributed by atoms with Gasteiger partial charge < -0.3 is 9.84 Å². The third kappa shape index (κ3) is 2.68. The van der Waals surface area contributed by atoms with Crippen LogP contribution in [0, 0.1) is 5.92 Å². The molecule has 0 aromatic heterocycles. The van der Waals surface area contributed by atoms with E-state index in [0.29, 0.717) is 12.0 Å². The summed E-state index contributed by atoms with van der Waals surface area (Å²) in [6.07, 6.45) is 4.35. The Balaban J connectivity index is 2.35. The van der Waals surface area contributed by atoms with E-state index in [9.17, 15) is 5.11 Å². The molecule has 1 heterocycles. The van der Waals surface area contributed by atoms with Gasteiger partial charge in [-0.25, -0.2) is 0 Å². The number of hydrogen-bond donors (Lipinski definition) is 1. The molecular formula is C11H22O2. The average molecular weight is 186 g/mol. The molecule has 0 amide bonds. The molecule has 1 saturated heterocycles. The van der Waals surface area contributed by atoms with Gasteiger partial charge in [-0.3, -0.25) is 0 Å². The number of ether oxygens (including phenoxy) is 1. The summed E-state index contributed by atoms with van der Waals surface area (Å²) in [4.78, 5) is 0. The van der Waals surface area contributed by atoms with Gasteiger partial charge in [-0.05, 0) is 25.2 Å². The van der Waals surface area contributed by atoms with Crippen LogP contribution in [0.5, 0.6) is 0 Å². The first-order valence-electron chi connectivity index (χ1n) is 5.52. The summed E-state index contributed by atoms with van der Waals surface area (Å²) < 4.78 is 5.82. The fraction of sp³-hybridized carbons (Fsp3) is 1.00. The molecule has 0 bridgehead atoms. The lowest BCUT2D eigenvalue weighted by atomic mass is 9.99. The van der Waals surface area contributed by atoms with E-state index in [4.69, 9.17) is 4.74 Å². The van der Waals surface area contributed by atoms with Gasteiger partial charge in [-0.2, -0.15) is 0 Å². The molecule has 13 heavy (non-hydrogen) atoms. The van der Waals surface area contributed by atoms with E-state index in [1.54, 1.807) is 0 Å². The fourth-order valence-electron chi connectivity index (χ4n) is 1.92. The largest absolute Gasteiger partial charge is 0.390 e. The Labute approximate surface area is 81.3 Å². The normalized spacial score (nSPS) is 33.2. The molecule has 1 aliphatic heterocycles. The molecule has 2 unspecified atom stereocenters. The molecule has 1 aliphatic rings. The highest BCUT2D eigenvalue weighted by molar-refractivity contribution is 4.80. The van der Waals surface area contributed by atoms with Crippen LogP contribution in [0.2, 0.25) is 0 Å². The monoisotopic (exact) mass is 186 g/mol. The van der Waals surface area contributed by atoms with Crippen LogP contribution in [0.1, 0.15) is 46.5 Å². The average Bonchev–Trinajstić information content (AvgIpc) is 2.64. The Morgan fingerprint density at radius 2 is 1.85 bits per heavy atom. The van der Waals surface area contributed by atoms with Crippen LogP contribution in [0.15, 0.2) is 0 Å². The van der Waals surface area contributed by atoms with E-state index in [1.807, 2.05) is 6.92 Å². The van der Waals surface area contributed by atoms with E-state index >= 15 is 0 Å². The van der Waals surface area contributed by atoms with Crippen molar-refractivity contribution in [3.05, 3.63) is 0 Å². The lowest BCUT2D eigenvalue weighted by molar-refractivity contribution is -0.0506. The Kier molecular flexibility index (Phi) is 4.20. The van der Waals surface area contributed by atoms with Gasteiger partial charge in [-0.1, -0.05) is 27.2 Å². The van der Waals surface area contributed by atoms with Crippen molar-refractivity contribution >= 4 is 0 Å². The van der Waals surface area contributed by atoms with Crippen LogP contribution >= 0.6 is 0 Å². The lowest BCUT2D eigenvalue weighted by Crippen LogP contribution is -2.27. The van der Waals surface area contributed by atoms with Crippen LogP contribution in [0.4, 0.5) is 0 Å². The Morgan fingerprint density at radius 3 is 2.38 bits per heavy atom. The van der Waals surface area contributed by atoms with E-state index in [2.05, 4.69) is 13.8 Å². The summed E-state index contributed by atoms with van der Waals surface area (Å²) in [6.45, 7) is 6.42. The first kappa shape index (κ1) is 11.0. The molecular weight excluding hydrogens is 164 g/mol. The van der Waals surface area contributed by atoms with Crippen LogP contribution in [0.3, 0.4) is 0 Å². The van der Waals surface area contributed by atoms with Crippen LogP contribution < -0.4 is 0 Å². The zero-order valence-electron chi connectivity index (χ0n) is 8.99. The standard InChI is InChI=1S/C11H22O2/c1-4-8(3)10-6-7-11(13-10)9(12)5-2/h8-12H,4-7H2,1-3H3/t8?,9?,10-,11+/m0/s1. The molecule has 1 N–H and O–H groups in total.